The summed E-state index contributed by atoms with van der Waals surface area (Å²) in [6.07, 6.45) is 0.841. The number of rotatable bonds is 8. The van der Waals surface area contributed by atoms with E-state index >= 15 is 0 Å². The van der Waals surface area contributed by atoms with Gasteiger partial charge in [0.1, 0.15) is 17.3 Å². The van der Waals surface area contributed by atoms with Crippen LogP contribution in [0, 0.1) is 6.57 Å². The molecule has 0 aromatic rings. The van der Waals surface area contributed by atoms with Crippen molar-refractivity contribution in [3.63, 3.8) is 0 Å². The van der Waals surface area contributed by atoms with E-state index in [4.69, 9.17) is 39.2 Å². The summed E-state index contributed by atoms with van der Waals surface area (Å²) in [6, 6.07) is 0. The molecule has 0 aromatic heterocycles. The van der Waals surface area contributed by atoms with Crippen LogP contribution >= 0.6 is 0 Å². The SMILES string of the molecule is CC(C)(C)OC(=O)C[C@H]1C[C@@H](COS(C)(=O)=O)OC(C)(C)O1.[C-]#[N+]C[C@@H]1C[C@H](CC(=O)OC(C)(C)C)OC(C)(C)O1. The Balaban J connectivity index is 0.000000414. The second kappa shape index (κ2) is 14.6. The van der Waals surface area contributed by atoms with Crippen LogP contribution in [0.25, 0.3) is 4.85 Å². The largest absolute Gasteiger partial charge is 0.460 e. The van der Waals surface area contributed by atoms with Crippen LogP contribution in [-0.4, -0.2) is 87.0 Å². The zero-order valence-electron chi connectivity index (χ0n) is 26.4. The summed E-state index contributed by atoms with van der Waals surface area (Å²) in [5, 5.41) is 0. The van der Waals surface area contributed by atoms with Crippen LogP contribution in [0.2, 0.25) is 0 Å². The predicted molar refractivity (Wildman–Crippen MR) is 150 cm³/mol. The van der Waals surface area contributed by atoms with Crippen molar-refractivity contribution in [3.05, 3.63) is 11.4 Å². The van der Waals surface area contributed by atoms with E-state index in [0.29, 0.717) is 12.8 Å². The molecule has 4 atom stereocenters. The number of hydrogen-bond donors (Lipinski definition) is 0. The molecule has 2 aliphatic heterocycles. The number of hydrogen-bond acceptors (Lipinski definition) is 11. The molecule has 0 aromatic carbocycles. The average Bonchev–Trinajstić information content (AvgIpc) is 2.67. The Bertz CT molecular complexity index is 1020. The van der Waals surface area contributed by atoms with Crippen molar-refractivity contribution in [2.45, 2.75) is 142 Å². The number of carbonyl (C=O) groups is 2. The first kappa shape index (κ1) is 37.2. The summed E-state index contributed by atoms with van der Waals surface area (Å²) in [5.74, 6) is -2.33. The monoisotopic (exact) mass is 607 g/mol. The van der Waals surface area contributed by atoms with Crippen LogP contribution in [-0.2, 0) is 52.3 Å². The van der Waals surface area contributed by atoms with E-state index in [0.717, 1.165) is 6.26 Å². The van der Waals surface area contributed by atoms with Gasteiger partial charge in [-0.25, -0.2) is 6.57 Å². The molecule has 13 heteroatoms. The highest BCUT2D eigenvalue weighted by molar-refractivity contribution is 7.85. The third-order valence-corrected chi connectivity index (χ3v) is 5.81. The fourth-order valence-corrected chi connectivity index (χ4v) is 4.74. The van der Waals surface area contributed by atoms with Crippen LogP contribution in [0.5, 0.6) is 0 Å². The Labute approximate surface area is 245 Å². The Morgan fingerprint density at radius 1 is 0.780 bits per heavy atom. The molecule has 0 radical (unpaired) electrons. The fraction of sp³-hybridized carbons (Fsp3) is 0.893. The number of nitrogens with zero attached hydrogens (tertiary/aromatic N) is 1. The van der Waals surface area contributed by atoms with Gasteiger partial charge in [0.25, 0.3) is 10.1 Å². The first-order valence-corrected chi connectivity index (χ1v) is 15.5. The molecular formula is C28H49NO11S. The highest BCUT2D eigenvalue weighted by atomic mass is 32.2. The third kappa shape index (κ3) is 17.7. The van der Waals surface area contributed by atoms with Crippen LogP contribution in [0.3, 0.4) is 0 Å². The standard InChI is InChI=1S/C14H23NO4.C14H26O7S/c1-13(2,3)19-12(16)8-10-7-11(9-15-6)18-14(4,5)17-10;1-13(2,3)21-12(15)8-10-7-11(9-18-22(6,16)17)20-14(4,5)19-10/h10-11H,7-9H2,1-5H3;10-11H,7-9H2,1-6H3/t2*10-,11+/m11/s1. The topological polar surface area (TPSA) is 137 Å². The molecule has 0 bridgehead atoms. The van der Waals surface area contributed by atoms with Gasteiger partial charge in [-0.1, -0.05) is 0 Å². The molecule has 2 fully saturated rings. The van der Waals surface area contributed by atoms with Gasteiger partial charge in [-0.05, 0) is 69.2 Å². The summed E-state index contributed by atoms with van der Waals surface area (Å²) in [7, 11) is -3.54. The Morgan fingerprint density at radius 3 is 1.51 bits per heavy atom. The van der Waals surface area contributed by atoms with Gasteiger partial charge in [0.05, 0.1) is 44.0 Å². The first-order chi connectivity index (χ1) is 18.4. The van der Waals surface area contributed by atoms with E-state index in [-0.39, 0.29) is 50.1 Å². The van der Waals surface area contributed by atoms with Gasteiger partial charge < -0.3 is 33.3 Å². The summed E-state index contributed by atoms with van der Waals surface area (Å²) in [4.78, 5) is 27.0. The molecule has 41 heavy (non-hydrogen) atoms. The van der Waals surface area contributed by atoms with E-state index in [9.17, 15) is 18.0 Å². The summed E-state index contributed by atoms with van der Waals surface area (Å²) in [6.45, 7) is 25.0. The quantitative estimate of drug-likeness (QED) is 0.223. The summed E-state index contributed by atoms with van der Waals surface area (Å²) < 4.78 is 60.1. The lowest BCUT2D eigenvalue weighted by Gasteiger charge is -2.40. The zero-order valence-corrected chi connectivity index (χ0v) is 27.2. The molecule has 238 valence electrons. The molecule has 12 nitrogen and oxygen atoms in total. The molecule has 2 heterocycles. The van der Waals surface area contributed by atoms with Gasteiger partial charge in [0, 0.05) is 12.8 Å². The smallest absolute Gasteiger partial charge is 0.308 e. The highest BCUT2D eigenvalue weighted by Gasteiger charge is 2.39. The van der Waals surface area contributed by atoms with Gasteiger partial charge in [-0.2, -0.15) is 8.42 Å². The number of ether oxygens (including phenoxy) is 6. The lowest BCUT2D eigenvalue weighted by atomic mass is 10.1. The van der Waals surface area contributed by atoms with Crippen molar-refractivity contribution in [2.75, 3.05) is 19.4 Å². The molecule has 0 unspecified atom stereocenters. The van der Waals surface area contributed by atoms with Gasteiger partial charge in [0.2, 0.25) is 6.54 Å². The van der Waals surface area contributed by atoms with E-state index in [1.165, 1.54) is 0 Å². The maximum Gasteiger partial charge on any atom is 0.308 e. The molecular weight excluding hydrogens is 558 g/mol. The van der Waals surface area contributed by atoms with E-state index < -0.39 is 45.1 Å². The third-order valence-electron chi connectivity index (χ3n) is 5.25. The van der Waals surface area contributed by atoms with Gasteiger partial charge >= 0.3 is 11.9 Å². The zero-order chi connectivity index (χ0) is 31.9. The van der Waals surface area contributed by atoms with Crippen molar-refractivity contribution in [3.8, 4) is 0 Å². The summed E-state index contributed by atoms with van der Waals surface area (Å²) in [5.41, 5.74) is -1.05. The minimum absolute atomic E-state index is 0.0828. The van der Waals surface area contributed by atoms with Gasteiger partial charge in [-0.3, -0.25) is 13.8 Å². The molecule has 2 rings (SSSR count). The normalized spacial score (nSPS) is 26.1. The van der Waals surface area contributed by atoms with Crippen LogP contribution in [0.4, 0.5) is 0 Å². The van der Waals surface area contributed by atoms with E-state index in [1.807, 2.05) is 20.8 Å². The summed E-state index contributed by atoms with van der Waals surface area (Å²) >= 11 is 0. The van der Waals surface area contributed by atoms with Crippen LogP contribution in [0.1, 0.15) is 94.9 Å². The highest BCUT2D eigenvalue weighted by Crippen LogP contribution is 2.30. The Hall–Kier alpha value is -1.82. The lowest BCUT2D eigenvalue weighted by Crippen LogP contribution is -2.47. The molecule has 0 N–H and O–H groups in total. The van der Waals surface area contributed by atoms with Gasteiger partial charge in [-0.15, -0.1) is 0 Å². The van der Waals surface area contributed by atoms with Crippen molar-refractivity contribution < 1.29 is 50.6 Å². The van der Waals surface area contributed by atoms with E-state index in [2.05, 4.69) is 4.85 Å². The van der Waals surface area contributed by atoms with E-state index in [1.54, 1.807) is 48.5 Å². The van der Waals surface area contributed by atoms with Crippen LogP contribution in [0.15, 0.2) is 0 Å². The molecule has 0 spiro atoms. The van der Waals surface area contributed by atoms with Crippen LogP contribution < -0.4 is 0 Å². The Kier molecular flexibility index (Phi) is 13.2. The fourth-order valence-electron chi connectivity index (χ4n) is 4.34. The molecule has 0 aliphatic carbocycles. The van der Waals surface area contributed by atoms with Crippen molar-refractivity contribution in [2.24, 2.45) is 0 Å². The first-order valence-electron chi connectivity index (χ1n) is 13.7. The van der Waals surface area contributed by atoms with Crippen molar-refractivity contribution in [1.82, 2.24) is 0 Å². The maximum absolute atomic E-state index is 11.9. The van der Waals surface area contributed by atoms with Crippen molar-refractivity contribution >= 4 is 22.1 Å². The molecule has 2 aliphatic rings. The van der Waals surface area contributed by atoms with Crippen molar-refractivity contribution in [1.29, 1.82) is 0 Å². The number of carbonyl (C=O) groups excluding carboxylic acids is 2. The number of esters is 2. The molecule has 2 saturated heterocycles. The second-order valence-electron chi connectivity index (χ2n) is 13.1. The predicted octanol–water partition coefficient (Wildman–Crippen LogP) is 4.15. The molecule has 0 saturated carbocycles. The second-order valence-corrected chi connectivity index (χ2v) is 14.8. The maximum atomic E-state index is 11.9. The minimum atomic E-state index is -3.54. The Morgan fingerprint density at radius 2 is 1.15 bits per heavy atom. The lowest BCUT2D eigenvalue weighted by molar-refractivity contribution is -0.303. The average molecular weight is 608 g/mol. The minimum Gasteiger partial charge on any atom is -0.460 e. The molecule has 0 amide bonds. The van der Waals surface area contributed by atoms with Gasteiger partial charge in [0.15, 0.2) is 11.6 Å².